The minimum atomic E-state index is -0.961. The van der Waals surface area contributed by atoms with Crippen LogP contribution in [0.2, 0.25) is 0 Å². The summed E-state index contributed by atoms with van der Waals surface area (Å²) >= 11 is 0. The minimum Gasteiger partial charge on any atom is -0.492 e. The summed E-state index contributed by atoms with van der Waals surface area (Å²) in [5, 5.41) is 12.0. The highest BCUT2D eigenvalue weighted by molar-refractivity contribution is 5.87. The average molecular weight is 258 g/mol. The number of anilines is 1. The van der Waals surface area contributed by atoms with E-state index in [1.807, 2.05) is 18.2 Å². The lowest BCUT2D eigenvalue weighted by atomic mass is 10.2. The van der Waals surface area contributed by atoms with Gasteiger partial charge in [-0.3, -0.25) is 0 Å². The van der Waals surface area contributed by atoms with E-state index < -0.39 is 5.97 Å². The van der Waals surface area contributed by atoms with E-state index in [4.69, 9.17) is 9.84 Å². The van der Waals surface area contributed by atoms with Gasteiger partial charge in [-0.1, -0.05) is 12.1 Å². The normalized spacial score (nSPS) is 9.89. The summed E-state index contributed by atoms with van der Waals surface area (Å²) in [4.78, 5) is 14.9. The predicted octanol–water partition coefficient (Wildman–Crippen LogP) is 2.27. The Morgan fingerprint density at radius 1 is 1.26 bits per heavy atom. The van der Waals surface area contributed by atoms with Gasteiger partial charge in [-0.15, -0.1) is 0 Å². The van der Waals surface area contributed by atoms with Crippen LogP contribution in [0.25, 0.3) is 0 Å². The molecule has 0 spiro atoms. The topological polar surface area (TPSA) is 71.5 Å². The van der Waals surface area contributed by atoms with Crippen molar-refractivity contribution in [2.24, 2.45) is 0 Å². The van der Waals surface area contributed by atoms with Crippen LogP contribution < -0.4 is 10.1 Å². The Morgan fingerprint density at radius 2 is 2.16 bits per heavy atom. The molecule has 5 heteroatoms. The largest absolute Gasteiger partial charge is 0.492 e. The molecule has 1 aromatic heterocycles. The van der Waals surface area contributed by atoms with Crippen LogP contribution in [0.5, 0.6) is 5.75 Å². The fourth-order valence-corrected chi connectivity index (χ4v) is 1.53. The highest BCUT2D eigenvalue weighted by Crippen LogP contribution is 2.13. The average Bonchev–Trinajstić information content (AvgIpc) is 2.45. The first-order valence-electron chi connectivity index (χ1n) is 5.87. The molecule has 1 aromatic carbocycles. The Labute approximate surface area is 110 Å². The first-order chi connectivity index (χ1) is 9.25. The van der Waals surface area contributed by atoms with Gasteiger partial charge in [-0.2, -0.15) is 0 Å². The zero-order valence-corrected chi connectivity index (χ0v) is 10.2. The molecule has 0 aliphatic carbocycles. The van der Waals surface area contributed by atoms with Gasteiger partial charge in [0.15, 0.2) is 0 Å². The molecule has 0 atom stereocenters. The highest BCUT2D eigenvalue weighted by atomic mass is 16.5. The number of benzene rings is 1. The molecule has 0 fully saturated rings. The number of aromatic nitrogens is 1. The van der Waals surface area contributed by atoms with Crippen molar-refractivity contribution in [2.75, 3.05) is 18.5 Å². The molecule has 2 N–H and O–H groups in total. The van der Waals surface area contributed by atoms with Crippen LogP contribution >= 0.6 is 0 Å². The standard InChI is InChI=1S/C14H14N2O3/c17-14(18)11-4-3-5-12(10-11)19-9-8-16-13-6-1-2-7-15-13/h1-7,10H,8-9H2,(H,15,16)(H,17,18). The highest BCUT2D eigenvalue weighted by Gasteiger charge is 2.03. The molecule has 19 heavy (non-hydrogen) atoms. The number of carboxylic acid groups (broad SMARTS) is 1. The molecule has 0 unspecified atom stereocenters. The van der Waals surface area contributed by atoms with E-state index >= 15 is 0 Å². The number of nitrogens with zero attached hydrogens (tertiary/aromatic N) is 1. The fraction of sp³-hybridized carbons (Fsp3) is 0.143. The maximum atomic E-state index is 10.8. The number of rotatable bonds is 6. The lowest BCUT2D eigenvalue weighted by Gasteiger charge is -2.08. The second-order valence-corrected chi connectivity index (χ2v) is 3.82. The van der Waals surface area contributed by atoms with Crippen molar-refractivity contribution in [2.45, 2.75) is 0 Å². The van der Waals surface area contributed by atoms with Crippen LogP contribution in [-0.4, -0.2) is 29.2 Å². The van der Waals surface area contributed by atoms with E-state index in [1.54, 1.807) is 18.3 Å². The van der Waals surface area contributed by atoms with Crippen LogP contribution in [-0.2, 0) is 0 Å². The van der Waals surface area contributed by atoms with Crippen molar-refractivity contribution in [3.63, 3.8) is 0 Å². The minimum absolute atomic E-state index is 0.218. The maximum Gasteiger partial charge on any atom is 0.335 e. The zero-order valence-electron chi connectivity index (χ0n) is 10.2. The van der Waals surface area contributed by atoms with Crippen LogP contribution in [0.4, 0.5) is 5.82 Å². The Balaban J connectivity index is 1.80. The van der Waals surface area contributed by atoms with Crippen molar-refractivity contribution >= 4 is 11.8 Å². The number of hydrogen-bond acceptors (Lipinski definition) is 4. The summed E-state index contributed by atoms with van der Waals surface area (Å²) in [6.45, 7) is 1.02. The summed E-state index contributed by atoms with van der Waals surface area (Å²) in [5.74, 6) is 0.366. The number of hydrogen-bond donors (Lipinski definition) is 2. The van der Waals surface area contributed by atoms with Gasteiger partial charge in [0.05, 0.1) is 12.1 Å². The van der Waals surface area contributed by atoms with Crippen LogP contribution in [0.1, 0.15) is 10.4 Å². The van der Waals surface area contributed by atoms with Crippen molar-refractivity contribution < 1.29 is 14.6 Å². The number of pyridine rings is 1. The number of carboxylic acids is 1. The third-order valence-corrected chi connectivity index (χ3v) is 2.42. The summed E-state index contributed by atoms with van der Waals surface area (Å²) < 4.78 is 5.46. The summed E-state index contributed by atoms with van der Waals surface area (Å²) in [7, 11) is 0. The molecule has 0 amide bonds. The summed E-state index contributed by atoms with van der Waals surface area (Å²) in [5.41, 5.74) is 0.218. The molecule has 0 aliphatic rings. The molecule has 0 aliphatic heterocycles. The lowest BCUT2D eigenvalue weighted by molar-refractivity contribution is 0.0696. The van der Waals surface area contributed by atoms with Gasteiger partial charge in [0.25, 0.3) is 0 Å². The summed E-state index contributed by atoms with van der Waals surface area (Å²) in [6.07, 6.45) is 1.71. The van der Waals surface area contributed by atoms with Gasteiger partial charge < -0.3 is 15.2 Å². The predicted molar refractivity (Wildman–Crippen MR) is 71.6 cm³/mol. The fourth-order valence-electron chi connectivity index (χ4n) is 1.53. The molecule has 0 bridgehead atoms. The Kier molecular flexibility index (Phi) is 4.34. The van der Waals surface area contributed by atoms with Crippen LogP contribution in [0, 0.1) is 0 Å². The summed E-state index contributed by atoms with van der Waals surface area (Å²) in [6, 6.07) is 12.0. The number of aromatic carboxylic acids is 1. The number of carbonyl (C=O) groups is 1. The van der Waals surface area contributed by atoms with E-state index in [1.165, 1.54) is 12.1 Å². The maximum absolute atomic E-state index is 10.8. The van der Waals surface area contributed by atoms with Gasteiger partial charge in [0.1, 0.15) is 18.2 Å². The van der Waals surface area contributed by atoms with Crippen LogP contribution in [0.3, 0.4) is 0 Å². The number of ether oxygens (including phenoxy) is 1. The van der Waals surface area contributed by atoms with Crippen molar-refractivity contribution in [1.29, 1.82) is 0 Å². The molecule has 5 nitrogen and oxygen atoms in total. The molecule has 1 heterocycles. The Bertz CT molecular complexity index is 543. The Hall–Kier alpha value is -2.56. The smallest absolute Gasteiger partial charge is 0.335 e. The van der Waals surface area contributed by atoms with E-state index in [9.17, 15) is 4.79 Å². The zero-order chi connectivity index (χ0) is 13.5. The molecular formula is C14H14N2O3. The molecule has 98 valence electrons. The molecule has 0 saturated heterocycles. The molecule has 0 radical (unpaired) electrons. The monoisotopic (exact) mass is 258 g/mol. The van der Waals surface area contributed by atoms with Gasteiger partial charge >= 0.3 is 5.97 Å². The van der Waals surface area contributed by atoms with E-state index in [0.717, 1.165) is 5.82 Å². The van der Waals surface area contributed by atoms with Crippen molar-refractivity contribution in [3.05, 3.63) is 54.2 Å². The quantitative estimate of drug-likeness (QED) is 0.778. The van der Waals surface area contributed by atoms with Gasteiger partial charge in [-0.05, 0) is 30.3 Å². The third kappa shape index (κ3) is 3.99. The molecular weight excluding hydrogens is 244 g/mol. The van der Waals surface area contributed by atoms with Gasteiger partial charge in [-0.25, -0.2) is 9.78 Å². The van der Waals surface area contributed by atoms with Crippen molar-refractivity contribution in [3.8, 4) is 5.75 Å². The van der Waals surface area contributed by atoms with Crippen LogP contribution in [0.15, 0.2) is 48.7 Å². The van der Waals surface area contributed by atoms with E-state index in [2.05, 4.69) is 10.3 Å². The molecule has 2 aromatic rings. The lowest BCUT2D eigenvalue weighted by Crippen LogP contribution is -2.12. The van der Waals surface area contributed by atoms with E-state index in [0.29, 0.717) is 18.9 Å². The third-order valence-electron chi connectivity index (χ3n) is 2.42. The van der Waals surface area contributed by atoms with Gasteiger partial charge in [0, 0.05) is 6.20 Å². The SMILES string of the molecule is O=C(O)c1cccc(OCCNc2ccccn2)c1. The second-order valence-electron chi connectivity index (χ2n) is 3.82. The molecule has 0 saturated carbocycles. The van der Waals surface area contributed by atoms with Gasteiger partial charge in [0.2, 0.25) is 0 Å². The first-order valence-corrected chi connectivity index (χ1v) is 5.87. The van der Waals surface area contributed by atoms with E-state index in [-0.39, 0.29) is 5.56 Å². The molecule has 2 rings (SSSR count). The number of nitrogens with one attached hydrogen (secondary N) is 1. The first kappa shape index (κ1) is 12.9. The Morgan fingerprint density at radius 3 is 2.89 bits per heavy atom. The van der Waals surface area contributed by atoms with Crippen molar-refractivity contribution in [1.82, 2.24) is 4.98 Å². The second kappa shape index (κ2) is 6.39.